The van der Waals surface area contributed by atoms with Crippen LogP contribution < -0.4 is 5.43 Å². The fourth-order valence-electron chi connectivity index (χ4n) is 3.16. The molecule has 0 N–H and O–H groups in total. The van der Waals surface area contributed by atoms with Crippen LogP contribution in [0.5, 0.6) is 0 Å². The molecule has 0 amide bonds. The zero-order chi connectivity index (χ0) is 23.0. The summed E-state index contributed by atoms with van der Waals surface area (Å²) in [5.74, 6) is 0. The molecule has 3 nitrogen and oxygen atoms in total. The number of halogens is 8. The normalized spacial score (nSPS) is 12.5. The van der Waals surface area contributed by atoms with Crippen LogP contribution >= 0.6 is 23.2 Å². The number of aryl methyl sites for hydroxylation is 1. The van der Waals surface area contributed by atoms with Crippen LogP contribution in [-0.4, -0.2) is 16.0 Å². The second-order valence-electron chi connectivity index (χ2n) is 6.77. The van der Waals surface area contributed by atoms with Gasteiger partial charge < -0.3 is 0 Å². The summed E-state index contributed by atoms with van der Waals surface area (Å²) < 4.78 is 78.2. The fraction of sp³-hybridized carbons (Fsp3) is 0.300. The SMILES string of the molecule is O=c1c(-c2cccc(C(F)(F)F)c2Cl)nn(CCCCC(F)(F)F)c2c(Cl)cccc12. The van der Waals surface area contributed by atoms with Gasteiger partial charge in [0.25, 0.3) is 0 Å². The van der Waals surface area contributed by atoms with E-state index in [1.807, 2.05) is 0 Å². The van der Waals surface area contributed by atoms with Crippen molar-refractivity contribution in [2.24, 2.45) is 0 Å². The maximum Gasteiger partial charge on any atom is 0.417 e. The standard InChI is InChI=1S/C20H14Cl2F6N2O/c21-14-8-4-6-12-17(14)30(10-2-1-9-19(23,24)25)29-16(18(12)31)11-5-3-7-13(15(11)22)20(26,27)28/h3-8H,1-2,9-10H2. The maximum absolute atomic E-state index is 13.2. The lowest BCUT2D eigenvalue weighted by Crippen LogP contribution is -2.18. The lowest BCUT2D eigenvalue weighted by molar-refractivity contribution is -0.137. The summed E-state index contributed by atoms with van der Waals surface area (Å²) in [5, 5.41) is 3.66. The fourth-order valence-corrected chi connectivity index (χ4v) is 3.76. The third-order valence-corrected chi connectivity index (χ3v) is 5.28. The van der Waals surface area contributed by atoms with E-state index in [-0.39, 0.29) is 46.6 Å². The molecule has 0 spiro atoms. The first-order chi connectivity index (χ1) is 14.4. The number of alkyl halides is 6. The van der Waals surface area contributed by atoms with Crippen LogP contribution in [0.25, 0.3) is 22.2 Å². The number of para-hydroxylation sites is 1. The van der Waals surface area contributed by atoms with Gasteiger partial charge in [0.15, 0.2) is 0 Å². The van der Waals surface area contributed by atoms with Crippen molar-refractivity contribution in [3.05, 3.63) is 62.2 Å². The van der Waals surface area contributed by atoms with Crippen LogP contribution in [0.4, 0.5) is 26.3 Å². The van der Waals surface area contributed by atoms with Gasteiger partial charge in [-0.3, -0.25) is 9.48 Å². The largest absolute Gasteiger partial charge is 0.417 e. The summed E-state index contributed by atoms with van der Waals surface area (Å²) in [5.41, 5.74) is -2.21. The van der Waals surface area contributed by atoms with E-state index in [9.17, 15) is 31.1 Å². The molecule has 0 unspecified atom stereocenters. The van der Waals surface area contributed by atoms with Crippen molar-refractivity contribution in [1.82, 2.24) is 9.78 Å². The predicted octanol–water partition coefficient (Wildman–Crippen LogP) is 7.12. The highest BCUT2D eigenvalue weighted by molar-refractivity contribution is 6.35. The van der Waals surface area contributed by atoms with E-state index in [2.05, 4.69) is 5.10 Å². The van der Waals surface area contributed by atoms with Crippen molar-refractivity contribution in [1.29, 1.82) is 0 Å². The summed E-state index contributed by atoms with van der Waals surface area (Å²) in [6.07, 6.45) is -10.2. The molecule has 0 aliphatic heterocycles. The number of unbranched alkanes of at least 4 members (excludes halogenated alkanes) is 1. The Kier molecular flexibility index (Phi) is 6.57. The molecule has 3 rings (SSSR count). The highest BCUT2D eigenvalue weighted by atomic mass is 35.5. The van der Waals surface area contributed by atoms with Crippen molar-refractivity contribution >= 4 is 34.1 Å². The highest BCUT2D eigenvalue weighted by Gasteiger charge is 2.34. The first-order valence-corrected chi connectivity index (χ1v) is 9.78. The van der Waals surface area contributed by atoms with Crippen molar-refractivity contribution in [3.63, 3.8) is 0 Å². The molecule has 2 aromatic carbocycles. The highest BCUT2D eigenvalue weighted by Crippen LogP contribution is 2.39. The molecule has 166 valence electrons. The van der Waals surface area contributed by atoms with Gasteiger partial charge in [-0.1, -0.05) is 41.4 Å². The number of benzene rings is 2. The van der Waals surface area contributed by atoms with Gasteiger partial charge in [0.05, 0.1) is 26.5 Å². The summed E-state index contributed by atoms with van der Waals surface area (Å²) in [6.45, 7) is -0.0276. The predicted molar refractivity (Wildman–Crippen MR) is 106 cm³/mol. The van der Waals surface area contributed by atoms with Gasteiger partial charge in [-0.25, -0.2) is 0 Å². The minimum atomic E-state index is -4.75. The monoisotopic (exact) mass is 482 g/mol. The molecule has 0 aliphatic carbocycles. The number of nitrogens with zero attached hydrogens (tertiary/aromatic N) is 2. The second-order valence-corrected chi connectivity index (χ2v) is 7.56. The lowest BCUT2D eigenvalue weighted by Gasteiger charge is -2.16. The molecule has 31 heavy (non-hydrogen) atoms. The molecule has 0 atom stereocenters. The molecule has 1 aromatic heterocycles. The Morgan fingerprint density at radius 3 is 2.26 bits per heavy atom. The van der Waals surface area contributed by atoms with E-state index in [1.54, 1.807) is 0 Å². The third kappa shape index (κ3) is 5.15. The Labute approximate surface area is 182 Å². The lowest BCUT2D eigenvalue weighted by atomic mass is 10.0. The topological polar surface area (TPSA) is 34.9 Å². The molecule has 0 aliphatic rings. The van der Waals surface area contributed by atoms with Crippen molar-refractivity contribution in [3.8, 4) is 11.3 Å². The molecule has 0 saturated carbocycles. The molecular weight excluding hydrogens is 469 g/mol. The number of hydrogen-bond acceptors (Lipinski definition) is 2. The Morgan fingerprint density at radius 1 is 0.935 bits per heavy atom. The van der Waals surface area contributed by atoms with Gasteiger partial charge in [-0.2, -0.15) is 31.4 Å². The summed E-state index contributed by atoms with van der Waals surface area (Å²) in [6, 6.07) is 7.49. The molecule has 0 bridgehead atoms. The zero-order valence-electron chi connectivity index (χ0n) is 15.6. The average Bonchev–Trinajstić information content (AvgIpc) is 2.66. The molecule has 0 saturated heterocycles. The smallest absolute Gasteiger partial charge is 0.287 e. The van der Waals surface area contributed by atoms with Crippen LogP contribution in [0.2, 0.25) is 10.0 Å². The van der Waals surface area contributed by atoms with Crippen molar-refractivity contribution < 1.29 is 26.3 Å². The first kappa shape index (κ1) is 23.4. The Balaban J connectivity index is 2.14. The minimum Gasteiger partial charge on any atom is -0.287 e. The Morgan fingerprint density at radius 2 is 1.61 bits per heavy atom. The van der Waals surface area contributed by atoms with Gasteiger partial charge in [-0.05, 0) is 31.0 Å². The van der Waals surface area contributed by atoms with Crippen molar-refractivity contribution in [2.75, 3.05) is 0 Å². The van der Waals surface area contributed by atoms with Crippen LogP contribution in [0.1, 0.15) is 24.8 Å². The minimum absolute atomic E-state index is 0.0276. The molecular formula is C20H14Cl2F6N2O. The van der Waals surface area contributed by atoms with E-state index in [4.69, 9.17) is 23.2 Å². The average molecular weight is 483 g/mol. The van der Waals surface area contributed by atoms with E-state index < -0.39 is 34.8 Å². The van der Waals surface area contributed by atoms with Gasteiger partial charge in [0, 0.05) is 18.5 Å². The van der Waals surface area contributed by atoms with Crippen molar-refractivity contribution in [2.45, 2.75) is 38.2 Å². The number of hydrogen-bond donors (Lipinski definition) is 0. The summed E-state index contributed by atoms with van der Waals surface area (Å²) in [4.78, 5) is 13.0. The molecule has 1 heterocycles. The van der Waals surface area contributed by atoms with E-state index in [0.29, 0.717) is 0 Å². The van der Waals surface area contributed by atoms with Gasteiger partial charge >= 0.3 is 12.4 Å². The Hall–Kier alpha value is -2.26. The summed E-state index contributed by atoms with van der Waals surface area (Å²) >= 11 is 12.1. The van der Waals surface area contributed by atoms with E-state index in [0.717, 1.165) is 12.1 Å². The number of rotatable bonds is 5. The molecule has 11 heteroatoms. The second kappa shape index (κ2) is 8.70. The quantitative estimate of drug-likeness (QED) is 0.286. The van der Waals surface area contributed by atoms with Crippen LogP contribution in [0, 0.1) is 0 Å². The third-order valence-electron chi connectivity index (χ3n) is 4.56. The Bertz CT molecular complexity index is 1170. The summed E-state index contributed by atoms with van der Waals surface area (Å²) in [7, 11) is 0. The van der Waals surface area contributed by atoms with E-state index in [1.165, 1.54) is 28.9 Å². The molecule has 0 radical (unpaired) electrons. The van der Waals surface area contributed by atoms with Gasteiger partial charge in [0.1, 0.15) is 5.69 Å². The van der Waals surface area contributed by atoms with Gasteiger partial charge in [-0.15, -0.1) is 0 Å². The molecule has 3 aromatic rings. The number of aromatic nitrogens is 2. The van der Waals surface area contributed by atoms with Crippen LogP contribution in [0.15, 0.2) is 41.2 Å². The number of fused-ring (bicyclic) bond motifs is 1. The zero-order valence-corrected chi connectivity index (χ0v) is 17.1. The van der Waals surface area contributed by atoms with E-state index >= 15 is 0 Å². The van der Waals surface area contributed by atoms with Gasteiger partial charge in [0.2, 0.25) is 5.43 Å². The first-order valence-electron chi connectivity index (χ1n) is 9.02. The maximum atomic E-state index is 13.2. The molecule has 0 fully saturated rings. The van der Waals surface area contributed by atoms with Crippen LogP contribution in [0.3, 0.4) is 0 Å². The van der Waals surface area contributed by atoms with Crippen LogP contribution in [-0.2, 0) is 12.7 Å².